The first kappa shape index (κ1) is 29.9. The number of rotatable bonds is 8. The number of benzene rings is 1. The molecule has 1 aromatic carbocycles. The number of nitrogens with one attached hydrogen (secondary N) is 1. The van der Waals surface area contributed by atoms with Crippen LogP contribution in [0, 0.1) is 35.0 Å². The third kappa shape index (κ3) is 5.83. The molecule has 1 atom stereocenters. The molecular weight excluding hydrogens is 552 g/mol. The number of para-hydroxylation sites is 1. The number of aromatic amines is 1. The molecule has 1 unspecified atom stereocenters. The van der Waals surface area contributed by atoms with Crippen molar-refractivity contribution in [2.75, 3.05) is 39.3 Å². The van der Waals surface area contributed by atoms with Gasteiger partial charge in [-0.1, -0.05) is 12.1 Å². The Balaban J connectivity index is 0.872. The number of nitrogens with zero attached hydrogens (tertiary/aromatic N) is 3. The molecule has 2 aliphatic heterocycles. The molecule has 240 valence electrons. The number of likely N-dealkylation sites (tertiary alicyclic amines) is 2. The lowest BCUT2D eigenvalue weighted by Crippen LogP contribution is -2.56. The third-order valence-electron chi connectivity index (χ3n) is 12.1. The molecule has 8 rings (SSSR count). The molecule has 2 aromatic rings. The van der Waals surface area contributed by atoms with E-state index in [0.29, 0.717) is 23.5 Å². The summed E-state index contributed by atoms with van der Waals surface area (Å²) in [6.45, 7) is 7.76. The molecule has 6 aliphatic rings. The molecule has 1 aromatic heterocycles. The van der Waals surface area contributed by atoms with Gasteiger partial charge in [0.25, 0.3) is 0 Å². The van der Waals surface area contributed by atoms with Crippen LogP contribution in [0.2, 0.25) is 0 Å². The summed E-state index contributed by atoms with van der Waals surface area (Å²) in [5.41, 5.74) is 0.894. The second-order valence-electron chi connectivity index (χ2n) is 15.3. The van der Waals surface area contributed by atoms with E-state index < -0.39 is 6.10 Å². The quantitative estimate of drug-likeness (QED) is 0.393. The highest BCUT2D eigenvalue weighted by Crippen LogP contribution is 2.60. The van der Waals surface area contributed by atoms with E-state index in [9.17, 15) is 14.7 Å². The van der Waals surface area contributed by atoms with E-state index in [2.05, 4.69) is 9.88 Å². The van der Waals surface area contributed by atoms with Crippen molar-refractivity contribution in [2.24, 2.45) is 35.0 Å². The second kappa shape index (κ2) is 12.2. The minimum atomic E-state index is -0.782. The number of carbonyl (C=O) groups excluding carboxylic acids is 2. The molecule has 3 heterocycles. The lowest BCUT2D eigenvalue weighted by atomic mass is 9.49. The molecular formula is C36H52N4O4. The van der Waals surface area contributed by atoms with Gasteiger partial charge in [-0.3, -0.25) is 4.79 Å². The van der Waals surface area contributed by atoms with Gasteiger partial charge in [0.15, 0.2) is 0 Å². The van der Waals surface area contributed by atoms with Crippen LogP contribution in [0.4, 0.5) is 4.79 Å². The van der Waals surface area contributed by atoms with Gasteiger partial charge in [-0.2, -0.15) is 0 Å². The number of aliphatic hydroxyl groups is 1. The second-order valence-corrected chi connectivity index (χ2v) is 15.3. The van der Waals surface area contributed by atoms with Crippen molar-refractivity contribution in [1.29, 1.82) is 0 Å². The maximum atomic E-state index is 13.9. The van der Waals surface area contributed by atoms with Gasteiger partial charge in [-0.05, 0) is 120 Å². The van der Waals surface area contributed by atoms with Gasteiger partial charge in [-0.15, -0.1) is 0 Å². The fourth-order valence-electron chi connectivity index (χ4n) is 10.2. The number of fused-ring (bicyclic) bond motifs is 1. The number of hydrogen-bond donors (Lipinski definition) is 2. The maximum Gasteiger partial charge on any atom is 0.320 e. The predicted octanol–water partition coefficient (Wildman–Crippen LogP) is 5.91. The third-order valence-corrected chi connectivity index (χ3v) is 12.1. The number of piperidine rings is 2. The van der Waals surface area contributed by atoms with Gasteiger partial charge in [0.1, 0.15) is 18.5 Å². The molecule has 3 amide bonds. The van der Waals surface area contributed by atoms with Gasteiger partial charge in [0.05, 0.1) is 17.5 Å². The first-order chi connectivity index (χ1) is 21.3. The molecule has 8 heteroatoms. The number of H-pyrrole nitrogens is 1. The normalized spacial score (nSPS) is 29.9. The Morgan fingerprint density at radius 3 is 2.11 bits per heavy atom. The van der Waals surface area contributed by atoms with Crippen molar-refractivity contribution in [3.8, 4) is 5.75 Å². The van der Waals surface area contributed by atoms with E-state index in [0.717, 1.165) is 99.8 Å². The fraction of sp³-hybridized carbons (Fsp3) is 0.722. The Kier molecular flexibility index (Phi) is 8.32. The molecule has 4 aliphatic carbocycles. The highest BCUT2D eigenvalue weighted by Gasteiger charge is 2.55. The van der Waals surface area contributed by atoms with Crippen LogP contribution in [0.1, 0.15) is 78.1 Å². The Labute approximate surface area is 262 Å². The number of ether oxygens (including phenoxy) is 1. The van der Waals surface area contributed by atoms with Gasteiger partial charge in [-0.25, -0.2) is 4.79 Å². The Morgan fingerprint density at radius 1 is 0.932 bits per heavy atom. The molecule has 4 bridgehead atoms. The number of amides is 3. The molecule has 0 radical (unpaired) electrons. The zero-order valence-electron chi connectivity index (χ0n) is 26.8. The van der Waals surface area contributed by atoms with Crippen LogP contribution in [0.5, 0.6) is 5.75 Å². The van der Waals surface area contributed by atoms with E-state index in [-0.39, 0.29) is 30.6 Å². The number of urea groups is 1. The van der Waals surface area contributed by atoms with E-state index in [4.69, 9.17) is 4.74 Å². The van der Waals surface area contributed by atoms with E-state index in [1.165, 1.54) is 19.3 Å². The van der Waals surface area contributed by atoms with Crippen molar-refractivity contribution in [3.63, 3.8) is 0 Å². The van der Waals surface area contributed by atoms with Crippen molar-refractivity contribution in [3.05, 3.63) is 30.5 Å². The first-order valence-corrected chi connectivity index (χ1v) is 17.5. The van der Waals surface area contributed by atoms with Crippen molar-refractivity contribution in [2.45, 2.75) is 90.2 Å². The van der Waals surface area contributed by atoms with E-state index >= 15 is 0 Å². The summed E-state index contributed by atoms with van der Waals surface area (Å²) in [7, 11) is 0. The Bertz CT molecular complexity index is 1290. The van der Waals surface area contributed by atoms with Crippen LogP contribution in [-0.4, -0.2) is 88.2 Å². The molecule has 0 spiro atoms. The maximum absolute atomic E-state index is 13.9. The summed E-state index contributed by atoms with van der Waals surface area (Å²) in [6.07, 6.45) is 13.0. The van der Waals surface area contributed by atoms with Crippen LogP contribution in [0.25, 0.3) is 10.9 Å². The van der Waals surface area contributed by atoms with E-state index in [1.54, 1.807) is 4.90 Å². The summed E-state index contributed by atoms with van der Waals surface area (Å²) in [5.74, 6) is 4.91. The standard InChI is InChI=1S/C36H52N4O4/c1-24(2)40(22-31(41)23-44-32-5-3-4-30-6-11-37-33(30)32)35(43)39-14-9-29(10-15-39)28-7-12-38(13-8-28)34(42)36-19-25-16-26(20-36)18-27(17-25)21-36/h3-6,11,24-29,31,37,41H,7-10,12-23H2,1-2H3. The van der Waals surface area contributed by atoms with Gasteiger partial charge < -0.3 is 29.5 Å². The SMILES string of the molecule is CC(C)N(CC(O)COc1cccc2cc[nH]c12)C(=O)N1CCC(C2CCN(C(=O)C34CC5CC(CC(C5)C3)C4)CC2)CC1. The zero-order valence-corrected chi connectivity index (χ0v) is 26.8. The van der Waals surface area contributed by atoms with Gasteiger partial charge in [0.2, 0.25) is 5.91 Å². The summed E-state index contributed by atoms with van der Waals surface area (Å²) in [4.78, 5) is 36.7. The van der Waals surface area contributed by atoms with Gasteiger partial charge >= 0.3 is 6.03 Å². The lowest BCUT2D eigenvalue weighted by molar-refractivity contribution is -0.159. The molecule has 8 nitrogen and oxygen atoms in total. The average Bonchev–Trinajstić information content (AvgIpc) is 3.51. The monoisotopic (exact) mass is 604 g/mol. The fourth-order valence-corrected chi connectivity index (χ4v) is 10.2. The number of aromatic nitrogens is 1. The largest absolute Gasteiger partial charge is 0.489 e. The molecule has 6 fully saturated rings. The highest BCUT2D eigenvalue weighted by atomic mass is 16.5. The first-order valence-electron chi connectivity index (χ1n) is 17.5. The minimum absolute atomic E-state index is 0.0139. The van der Waals surface area contributed by atoms with Gasteiger partial charge in [0, 0.05) is 43.8 Å². The van der Waals surface area contributed by atoms with E-state index in [1.807, 2.05) is 49.2 Å². The number of hydrogen-bond acceptors (Lipinski definition) is 4. The summed E-state index contributed by atoms with van der Waals surface area (Å²) < 4.78 is 5.95. The van der Waals surface area contributed by atoms with Crippen molar-refractivity contribution >= 4 is 22.8 Å². The molecule has 2 N–H and O–H groups in total. The zero-order chi connectivity index (χ0) is 30.4. The molecule has 44 heavy (non-hydrogen) atoms. The summed E-state index contributed by atoms with van der Waals surface area (Å²) in [5, 5.41) is 11.9. The average molecular weight is 605 g/mol. The Hall–Kier alpha value is -2.74. The van der Waals surface area contributed by atoms with Crippen LogP contribution in [0.3, 0.4) is 0 Å². The summed E-state index contributed by atoms with van der Waals surface area (Å²) in [6, 6.07) is 7.85. The van der Waals surface area contributed by atoms with Crippen LogP contribution in [-0.2, 0) is 4.79 Å². The smallest absolute Gasteiger partial charge is 0.320 e. The minimum Gasteiger partial charge on any atom is -0.489 e. The Morgan fingerprint density at radius 2 is 1.52 bits per heavy atom. The lowest BCUT2D eigenvalue weighted by Gasteiger charge is -2.57. The van der Waals surface area contributed by atoms with Crippen LogP contribution >= 0.6 is 0 Å². The van der Waals surface area contributed by atoms with Crippen molar-refractivity contribution < 1.29 is 19.4 Å². The van der Waals surface area contributed by atoms with Crippen LogP contribution in [0.15, 0.2) is 30.5 Å². The summed E-state index contributed by atoms with van der Waals surface area (Å²) >= 11 is 0. The van der Waals surface area contributed by atoms with Crippen molar-refractivity contribution in [1.82, 2.24) is 19.7 Å². The number of aliphatic hydroxyl groups excluding tert-OH is 1. The topological polar surface area (TPSA) is 89.1 Å². The highest BCUT2D eigenvalue weighted by molar-refractivity contribution is 5.85. The predicted molar refractivity (Wildman–Crippen MR) is 171 cm³/mol. The van der Waals surface area contributed by atoms with Crippen LogP contribution < -0.4 is 4.74 Å². The molecule has 2 saturated heterocycles. The molecule has 4 saturated carbocycles. The number of carbonyl (C=O) groups is 2.